The molecule has 0 saturated carbocycles. The third-order valence-electron chi connectivity index (χ3n) is 1.75. The van der Waals surface area contributed by atoms with E-state index in [9.17, 15) is 4.79 Å². The summed E-state index contributed by atoms with van der Waals surface area (Å²) in [5.41, 5.74) is 1.22. The van der Waals surface area contributed by atoms with Gasteiger partial charge in [0.1, 0.15) is 5.76 Å². The van der Waals surface area contributed by atoms with Crippen LogP contribution in [-0.4, -0.2) is 11.7 Å². The minimum atomic E-state index is -0.302. The van der Waals surface area contributed by atoms with Crippen LogP contribution in [0.1, 0.15) is 6.42 Å². The molecule has 0 atom stereocenters. The zero-order valence-corrected chi connectivity index (χ0v) is 9.15. The average Bonchev–Trinajstić information content (AvgIpc) is 2.63. The van der Waals surface area contributed by atoms with Crippen LogP contribution in [0, 0.1) is 0 Å². The largest absolute Gasteiger partial charge is 0.422 e. The first-order valence-corrected chi connectivity index (χ1v) is 5.71. The summed E-state index contributed by atoms with van der Waals surface area (Å²) in [6.07, 6.45) is 4.39. The molecule has 2 aliphatic rings. The van der Waals surface area contributed by atoms with Crippen LogP contribution in [0.2, 0.25) is 0 Å². The van der Waals surface area contributed by atoms with Crippen molar-refractivity contribution in [3.63, 3.8) is 0 Å². The predicted octanol–water partition coefficient (Wildman–Crippen LogP) is 2.73. The van der Waals surface area contributed by atoms with Crippen LogP contribution in [0.5, 0.6) is 0 Å². The minimum Gasteiger partial charge on any atom is -0.422 e. The number of carbonyl (C=O) groups is 1. The van der Waals surface area contributed by atoms with Crippen LogP contribution < -0.4 is 0 Å². The van der Waals surface area contributed by atoms with Crippen molar-refractivity contribution >= 4 is 33.7 Å². The lowest BCUT2D eigenvalue weighted by Crippen LogP contribution is -1.91. The molecule has 2 rings (SSSR count). The number of rotatable bonds is 1. The monoisotopic (exact) mass is 258 g/mol. The Bertz CT molecular complexity index is 342. The number of thioether (sulfide) groups is 1. The maximum Gasteiger partial charge on any atom is 0.337 e. The number of esters is 1. The van der Waals surface area contributed by atoms with Crippen LogP contribution in [0.25, 0.3) is 0 Å². The van der Waals surface area contributed by atoms with Crippen molar-refractivity contribution in [1.82, 2.24) is 0 Å². The summed E-state index contributed by atoms with van der Waals surface area (Å²) in [5, 5.41) is 2.10. The smallest absolute Gasteiger partial charge is 0.337 e. The van der Waals surface area contributed by atoms with Crippen molar-refractivity contribution in [3.8, 4) is 0 Å². The van der Waals surface area contributed by atoms with Gasteiger partial charge < -0.3 is 4.74 Å². The highest BCUT2D eigenvalue weighted by molar-refractivity contribution is 9.12. The Labute approximate surface area is 88.8 Å². The van der Waals surface area contributed by atoms with E-state index in [1.807, 2.05) is 6.08 Å². The van der Waals surface area contributed by atoms with Gasteiger partial charge in [-0.3, -0.25) is 0 Å². The Hall–Kier alpha value is -0.480. The summed E-state index contributed by atoms with van der Waals surface area (Å²) in [6, 6.07) is 0. The Morgan fingerprint density at radius 2 is 2.46 bits per heavy atom. The molecule has 2 nitrogen and oxygen atoms in total. The van der Waals surface area contributed by atoms with Gasteiger partial charge in [0, 0.05) is 11.8 Å². The SMILES string of the molecule is O=C1C=C(Br)/C(=C/C2=CSCC2)O1. The fourth-order valence-corrected chi connectivity index (χ4v) is 2.39. The van der Waals surface area contributed by atoms with Gasteiger partial charge in [-0.1, -0.05) is 0 Å². The Morgan fingerprint density at radius 1 is 1.62 bits per heavy atom. The van der Waals surface area contributed by atoms with Gasteiger partial charge in [-0.25, -0.2) is 4.79 Å². The molecule has 0 N–H and O–H groups in total. The standard InChI is InChI=1S/C9H7BrO2S/c10-7-4-9(11)12-8(7)3-6-1-2-13-5-6/h3-5H,1-2H2/b8-3-. The summed E-state index contributed by atoms with van der Waals surface area (Å²) in [5.74, 6) is 1.44. The molecule has 4 heteroatoms. The molecular weight excluding hydrogens is 252 g/mol. The van der Waals surface area contributed by atoms with Crippen LogP contribution in [-0.2, 0) is 9.53 Å². The number of hydrogen-bond acceptors (Lipinski definition) is 3. The van der Waals surface area contributed by atoms with Crippen molar-refractivity contribution in [1.29, 1.82) is 0 Å². The van der Waals surface area contributed by atoms with Crippen molar-refractivity contribution in [3.05, 3.63) is 33.4 Å². The molecule has 0 aromatic heterocycles. The van der Waals surface area contributed by atoms with Gasteiger partial charge in [0.25, 0.3) is 0 Å². The van der Waals surface area contributed by atoms with Crippen LogP contribution in [0.3, 0.4) is 0 Å². The first-order valence-electron chi connectivity index (χ1n) is 3.87. The van der Waals surface area contributed by atoms with Gasteiger partial charge in [0.2, 0.25) is 0 Å². The molecule has 0 aliphatic carbocycles. The van der Waals surface area contributed by atoms with Gasteiger partial charge in [-0.15, -0.1) is 11.8 Å². The maximum absolute atomic E-state index is 10.8. The fourth-order valence-electron chi connectivity index (χ4n) is 1.14. The molecule has 2 aliphatic heterocycles. The zero-order valence-electron chi connectivity index (χ0n) is 6.75. The van der Waals surface area contributed by atoms with E-state index in [2.05, 4.69) is 21.3 Å². The van der Waals surface area contributed by atoms with E-state index < -0.39 is 0 Å². The Kier molecular flexibility index (Phi) is 2.60. The Balaban J connectivity index is 2.17. The van der Waals surface area contributed by atoms with E-state index in [1.165, 1.54) is 11.6 Å². The fraction of sp³-hybridized carbons (Fsp3) is 0.222. The van der Waals surface area contributed by atoms with Crippen LogP contribution >= 0.6 is 27.7 Å². The highest BCUT2D eigenvalue weighted by Crippen LogP contribution is 2.30. The molecule has 0 amide bonds. The van der Waals surface area contributed by atoms with Crippen molar-refractivity contribution in [2.24, 2.45) is 0 Å². The topological polar surface area (TPSA) is 26.3 Å². The Morgan fingerprint density at radius 3 is 3.00 bits per heavy atom. The lowest BCUT2D eigenvalue weighted by molar-refractivity contribution is -0.132. The first-order chi connectivity index (χ1) is 6.25. The van der Waals surface area contributed by atoms with E-state index in [1.54, 1.807) is 11.8 Å². The van der Waals surface area contributed by atoms with E-state index in [0.717, 1.165) is 16.7 Å². The molecule has 0 aromatic rings. The average molecular weight is 259 g/mol. The third kappa shape index (κ3) is 2.06. The molecule has 0 spiro atoms. The number of halogens is 1. The van der Waals surface area contributed by atoms with Crippen molar-refractivity contribution in [2.45, 2.75) is 6.42 Å². The van der Waals surface area contributed by atoms with Gasteiger partial charge >= 0.3 is 5.97 Å². The van der Waals surface area contributed by atoms with Crippen LogP contribution in [0.4, 0.5) is 0 Å². The van der Waals surface area contributed by atoms with E-state index >= 15 is 0 Å². The second-order valence-electron chi connectivity index (χ2n) is 2.74. The summed E-state index contributed by atoms with van der Waals surface area (Å²) >= 11 is 5.05. The number of ether oxygens (including phenoxy) is 1. The second kappa shape index (κ2) is 3.72. The number of hydrogen-bond donors (Lipinski definition) is 0. The summed E-state index contributed by atoms with van der Waals surface area (Å²) < 4.78 is 5.70. The molecule has 0 unspecified atom stereocenters. The van der Waals surface area contributed by atoms with Gasteiger partial charge in [0.15, 0.2) is 0 Å². The molecule has 2 heterocycles. The summed E-state index contributed by atoms with van der Waals surface area (Å²) in [6.45, 7) is 0. The minimum absolute atomic E-state index is 0.302. The van der Waals surface area contributed by atoms with Gasteiger partial charge in [-0.2, -0.15) is 0 Å². The molecule has 0 radical (unpaired) electrons. The highest BCUT2D eigenvalue weighted by Gasteiger charge is 2.18. The summed E-state index contributed by atoms with van der Waals surface area (Å²) in [7, 11) is 0. The molecule has 0 fully saturated rings. The lowest BCUT2D eigenvalue weighted by atomic mass is 10.2. The van der Waals surface area contributed by atoms with E-state index in [0.29, 0.717) is 5.76 Å². The normalized spacial score (nSPS) is 24.7. The third-order valence-corrected chi connectivity index (χ3v) is 3.28. The first kappa shape index (κ1) is 9.09. The number of carbonyl (C=O) groups excluding carboxylic acids is 1. The quantitative estimate of drug-likeness (QED) is 0.677. The van der Waals surface area contributed by atoms with Crippen LogP contribution in [0.15, 0.2) is 33.4 Å². The molecule has 0 saturated heterocycles. The van der Waals surface area contributed by atoms with E-state index in [-0.39, 0.29) is 5.97 Å². The van der Waals surface area contributed by atoms with Gasteiger partial charge in [-0.05, 0) is 39.4 Å². The summed E-state index contributed by atoms with van der Waals surface area (Å²) in [4.78, 5) is 10.8. The number of allylic oxidation sites excluding steroid dienone is 3. The van der Waals surface area contributed by atoms with Crippen molar-refractivity contribution in [2.75, 3.05) is 5.75 Å². The van der Waals surface area contributed by atoms with E-state index in [4.69, 9.17) is 4.74 Å². The highest BCUT2D eigenvalue weighted by atomic mass is 79.9. The molecule has 13 heavy (non-hydrogen) atoms. The maximum atomic E-state index is 10.8. The molecule has 0 bridgehead atoms. The molecule has 0 aromatic carbocycles. The number of cyclic esters (lactones) is 1. The van der Waals surface area contributed by atoms with Gasteiger partial charge in [0.05, 0.1) is 4.48 Å². The lowest BCUT2D eigenvalue weighted by Gasteiger charge is -1.98. The zero-order chi connectivity index (χ0) is 9.26. The molecule has 68 valence electrons. The second-order valence-corrected chi connectivity index (χ2v) is 4.57. The predicted molar refractivity (Wildman–Crippen MR) is 56.3 cm³/mol. The van der Waals surface area contributed by atoms with Crippen molar-refractivity contribution < 1.29 is 9.53 Å². The molecular formula is C9H7BrO2S.